The van der Waals surface area contributed by atoms with Crippen LogP contribution in [0.1, 0.15) is 5.56 Å². The average Bonchev–Trinajstić information content (AvgIpc) is 2.93. The summed E-state index contributed by atoms with van der Waals surface area (Å²) < 4.78 is 13.4. The summed E-state index contributed by atoms with van der Waals surface area (Å²) in [4.78, 5) is 11.9. The number of hydrogen-bond donors (Lipinski definition) is 1. The van der Waals surface area contributed by atoms with Crippen LogP contribution in [0.25, 0.3) is 33.2 Å². The van der Waals surface area contributed by atoms with Gasteiger partial charge >= 0.3 is 0 Å². The van der Waals surface area contributed by atoms with E-state index in [4.69, 9.17) is 5.26 Å². The Balaban J connectivity index is 1.93. The lowest BCUT2D eigenvalue weighted by atomic mass is 10.1. The summed E-state index contributed by atoms with van der Waals surface area (Å²) in [7, 11) is 0. The molecule has 22 heavy (non-hydrogen) atoms. The maximum absolute atomic E-state index is 13.4. The number of H-pyrrole nitrogens is 1. The third-order valence-electron chi connectivity index (χ3n) is 3.64. The van der Waals surface area contributed by atoms with Crippen molar-refractivity contribution in [2.45, 2.75) is 0 Å². The van der Waals surface area contributed by atoms with Crippen LogP contribution in [0.5, 0.6) is 0 Å². The number of halogens is 1. The number of nitrogens with zero attached hydrogens (tertiary/aromatic N) is 3. The molecule has 0 aliphatic carbocycles. The van der Waals surface area contributed by atoms with Crippen molar-refractivity contribution in [2.24, 2.45) is 0 Å². The van der Waals surface area contributed by atoms with Crippen LogP contribution in [0, 0.1) is 17.1 Å². The largest absolute Gasteiger partial charge is 0.339 e. The lowest BCUT2D eigenvalue weighted by Crippen LogP contribution is -1.88. The predicted molar refractivity (Wildman–Crippen MR) is 81.5 cm³/mol. The molecule has 3 heterocycles. The molecule has 5 heteroatoms. The van der Waals surface area contributed by atoms with Gasteiger partial charge < -0.3 is 4.98 Å². The molecule has 104 valence electrons. The van der Waals surface area contributed by atoms with Crippen LogP contribution in [0.2, 0.25) is 0 Å². The van der Waals surface area contributed by atoms with E-state index in [2.05, 4.69) is 15.0 Å². The fraction of sp³-hybridized carbons (Fsp3) is 0. The minimum absolute atomic E-state index is 0.0141. The summed E-state index contributed by atoms with van der Waals surface area (Å²) in [5, 5.41) is 10.9. The van der Waals surface area contributed by atoms with Crippen molar-refractivity contribution >= 4 is 21.9 Å². The van der Waals surface area contributed by atoms with Crippen molar-refractivity contribution in [2.75, 3.05) is 0 Å². The van der Waals surface area contributed by atoms with E-state index in [0.29, 0.717) is 11.3 Å². The quantitative estimate of drug-likeness (QED) is 0.579. The van der Waals surface area contributed by atoms with E-state index in [1.54, 1.807) is 18.5 Å². The molecular weight excluding hydrogens is 278 g/mol. The summed E-state index contributed by atoms with van der Waals surface area (Å²) in [6, 6.07) is 12.0. The molecule has 0 saturated carbocycles. The van der Waals surface area contributed by atoms with Gasteiger partial charge in [0.15, 0.2) is 0 Å². The number of fused-ring (bicyclic) bond motifs is 3. The molecule has 1 aromatic carbocycles. The first-order valence-corrected chi connectivity index (χ1v) is 6.69. The average molecular weight is 287 g/mol. The number of nitriles is 1. The van der Waals surface area contributed by atoms with Gasteiger partial charge in [0.2, 0.25) is 0 Å². The normalized spacial score (nSPS) is 10.9. The van der Waals surface area contributed by atoms with Crippen LogP contribution in [0.4, 0.5) is 4.39 Å². The minimum atomic E-state index is -0.524. The van der Waals surface area contributed by atoms with Crippen molar-refractivity contribution in [3.8, 4) is 17.3 Å². The van der Waals surface area contributed by atoms with Crippen molar-refractivity contribution < 1.29 is 4.39 Å². The highest BCUT2D eigenvalue weighted by Crippen LogP contribution is 2.27. The first-order valence-electron chi connectivity index (χ1n) is 6.69. The lowest BCUT2D eigenvalue weighted by Gasteiger charge is -2.02. The van der Waals surface area contributed by atoms with Crippen LogP contribution in [0.3, 0.4) is 0 Å². The first kappa shape index (κ1) is 12.5. The summed E-state index contributed by atoms with van der Waals surface area (Å²) in [5.74, 6) is -0.524. The number of aromatic amines is 1. The molecule has 1 N–H and O–H groups in total. The Kier molecular flexibility index (Phi) is 2.63. The van der Waals surface area contributed by atoms with Crippen LogP contribution in [-0.2, 0) is 0 Å². The number of aromatic nitrogens is 3. The maximum Gasteiger partial charge on any atom is 0.140 e. The van der Waals surface area contributed by atoms with E-state index in [-0.39, 0.29) is 5.56 Å². The van der Waals surface area contributed by atoms with Gasteiger partial charge in [0.25, 0.3) is 0 Å². The van der Waals surface area contributed by atoms with Crippen LogP contribution in [-0.4, -0.2) is 15.0 Å². The molecule has 4 nitrogen and oxygen atoms in total. The second-order valence-electron chi connectivity index (χ2n) is 4.95. The zero-order valence-corrected chi connectivity index (χ0v) is 11.3. The number of pyridine rings is 2. The molecule has 0 fully saturated rings. The van der Waals surface area contributed by atoms with Gasteiger partial charge in [0.1, 0.15) is 17.5 Å². The number of rotatable bonds is 1. The first-order chi connectivity index (χ1) is 10.8. The molecule has 0 unspecified atom stereocenters. The molecule has 0 spiro atoms. The SMILES string of the molecule is N#Cc1cc(-c2ccc3c(n2)[nH]c2ccncc23)ccc1[18F]. The highest BCUT2D eigenvalue weighted by Gasteiger charge is 2.09. The third-order valence-corrected chi connectivity index (χ3v) is 3.64. The Labute approximate surface area is 124 Å². The van der Waals surface area contributed by atoms with Crippen molar-refractivity contribution in [1.82, 2.24) is 15.0 Å². The Morgan fingerprint density at radius 1 is 1.09 bits per heavy atom. The highest BCUT2D eigenvalue weighted by atomic mass is 18.2. The van der Waals surface area contributed by atoms with E-state index in [1.807, 2.05) is 24.3 Å². The number of hydrogen-bond acceptors (Lipinski definition) is 3. The Bertz CT molecular complexity index is 1060. The summed E-state index contributed by atoms with van der Waals surface area (Å²) in [5.41, 5.74) is 3.11. The number of nitrogens with one attached hydrogen (secondary N) is 1. The van der Waals surface area contributed by atoms with E-state index in [0.717, 1.165) is 21.9 Å². The van der Waals surface area contributed by atoms with Gasteiger partial charge in [-0.05, 0) is 36.4 Å². The second-order valence-corrected chi connectivity index (χ2v) is 4.95. The summed E-state index contributed by atoms with van der Waals surface area (Å²) >= 11 is 0. The van der Waals surface area contributed by atoms with Crippen molar-refractivity contribution in [1.29, 1.82) is 5.26 Å². The van der Waals surface area contributed by atoms with E-state index >= 15 is 0 Å². The highest BCUT2D eigenvalue weighted by molar-refractivity contribution is 6.05. The van der Waals surface area contributed by atoms with Gasteiger partial charge in [-0.2, -0.15) is 5.26 Å². The molecule has 0 aliphatic heterocycles. The molecule has 0 amide bonds. The van der Waals surface area contributed by atoms with Crippen LogP contribution < -0.4 is 0 Å². The topological polar surface area (TPSA) is 65.4 Å². The van der Waals surface area contributed by atoms with Crippen molar-refractivity contribution in [3.05, 3.63) is 60.2 Å². The summed E-state index contributed by atoms with van der Waals surface area (Å²) in [6.45, 7) is 0. The molecule has 0 radical (unpaired) electrons. The zero-order chi connectivity index (χ0) is 15.1. The maximum atomic E-state index is 13.4. The van der Waals surface area contributed by atoms with Gasteiger partial charge in [0, 0.05) is 28.7 Å². The Morgan fingerprint density at radius 2 is 2.00 bits per heavy atom. The molecule has 4 rings (SSSR count). The van der Waals surface area contributed by atoms with Crippen LogP contribution in [0.15, 0.2) is 48.8 Å². The van der Waals surface area contributed by atoms with E-state index in [9.17, 15) is 4.39 Å². The summed E-state index contributed by atoms with van der Waals surface area (Å²) in [6.07, 6.45) is 3.51. The molecule has 0 aliphatic rings. The molecule has 4 aromatic rings. The van der Waals surface area contributed by atoms with Gasteiger partial charge in [-0.25, -0.2) is 9.37 Å². The monoisotopic (exact) mass is 287 g/mol. The third kappa shape index (κ3) is 1.82. The van der Waals surface area contributed by atoms with Crippen molar-refractivity contribution in [3.63, 3.8) is 0 Å². The standard InChI is InChI=1S/C17H9FN4/c18-14-3-1-10(7-11(14)8-19)15-4-2-12-13-9-20-6-5-16(13)22-17(12)21-15/h1-7,9H,(H,21,22)/i18-1. The molecule has 0 bridgehead atoms. The van der Waals surface area contributed by atoms with Gasteiger partial charge in [0.05, 0.1) is 16.8 Å². The smallest absolute Gasteiger partial charge is 0.140 e. The van der Waals surface area contributed by atoms with Crippen LogP contribution >= 0.6 is 0 Å². The minimum Gasteiger partial charge on any atom is -0.339 e. The fourth-order valence-corrected chi connectivity index (χ4v) is 2.55. The van der Waals surface area contributed by atoms with Gasteiger partial charge in [-0.1, -0.05) is 0 Å². The number of benzene rings is 1. The molecule has 0 saturated heterocycles. The second kappa shape index (κ2) is 4.64. The molecule has 3 aromatic heterocycles. The van der Waals surface area contributed by atoms with E-state index < -0.39 is 5.82 Å². The van der Waals surface area contributed by atoms with Gasteiger partial charge in [-0.15, -0.1) is 0 Å². The Hall–Kier alpha value is -3.26. The lowest BCUT2D eigenvalue weighted by molar-refractivity contribution is 0.624. The molecule has 0 atom stereocenters. The molecular formula is C17H9FN4. The fourth-order valence-electron chi connectivity index (χ4n) is 2.55. The Morgan fingerprint density at radius 3 is 2.86 bits per heavy atom. The van der Waals surface area contributed by atoms with E-state index in [1.165, 1.54) is 12.1 Å². The predicted octanol–water partition coefficient (Wildman–Crippen LogP) is 3.79. The van der Waals surface area contributed by atoms with Gasteiger partial charge in [-0.3, -0.25) is 4.98 Å². The zero-order valence-electron chi connectivity index (χ0n) is 11.3.